The monoisotopic (exact) mass is 392 g/mol. The Labute approximate surface area is 147 Å². The Hall–Kier alpha value is -0.620. The fraction of sp³-hybridized carbons (Fsp3) is 0.562. The van der Waals surface area contributed by atoms with Crippen LogP contribution in [0.2, 0.25) is 0 Å². The van der Waals surface area contributed by atoms with Gasteiger partial charge in [0, 0.05) is 30.7 Å². The lowest BCUT2D eigenvalue weighted by Crippen LogP contribution is -2.33. The molecule has 0 saturated carbocycles. The number of amides is 1. The zero-order chi connectivity index (χ0) is 15.5. The van der Waals surface area contributed by atoms with Crippen molar-refractivity contribution in [1.82, 2.24) is 5.32 Å². The number of hydrogen-bond acceptors (Lipinski definition) is 3. The maximum Gasteiger partial charge on any atom is 0.223 e. The summed E-state index contributed by atoms with van der Waals surface area (Å²) in [6, 6.07) is 8.08. The second-order valence-electron chi connectivity index (χ2n) is 5.10. The summed E-state index contributed by atoms with van der Waals surface area (Å²) in [4.78, 5) is 12.3. The highest BCUT2D eigenvalue weighted by atomic mass is 79.9. The van der Waals surface area contributed by atoms with Crippen LogP contribution in [0.4, 0.5) is 0 Å². The van der Waals surface area contributed by atoms with E-state index in [2.05, 4.69) is 27.3 Å². The number of benzene rings is 1. The molecule has 0 aliphatic rings. The second kappa shape index (κ2) is 12.9. The lowest BCUT2D eigenvalue weighted by atomic mass is 9.95. The summed E-state index contributed by atoms with van der Waals surface area (Å²) in [6.45, 7) is 1.95. The van der Waals surface area contributed by atoms with E-state index in [0.717, 1.165) is 35.7 Å². The zero-order valence-corrected chi connectivity index (χ0v) is 15.4. The number of ether oxygens (including phenoxy) is 1. The number of unbranched alkanes of at least 4 members (excludes halogenated alkanes) is 1. The standard InChI is InChI=1S/C16H25BrN2O2.ClH/c1-21-10-7-14(16(20)19-9-3-2-8-18)11-13-5-4-6-15(17)12-13;/h4-6,12,14H,2-3,7-11,18H2,1H3,(H,19,20);1H. The van der Waals surface area contributed by atoms with Crippen molar-refractivity contribution < 1.29 is 9.53 Å². The predicted octanol–water partition coefficient (Wildman–Crippen LogP) is 2.92. The van der Waals surface area contributed by atoms with Gasteiger partial charge in [0.15, 0.2) is 0 Å². The molecular formula is C16H26BrClN2O2. The van der Waals surface area contributed by atoms with Crippen LogP contribution in [0.3, 0.4) is 0 Å². The minimum Gasteiger partial charge on any atom is -0.385 e. The first-order valence-electron chi connectivity index (χ1n) is 7.38. The Morgan fingerprint density at radius 2 is 2.18 bits per heavy atom. The van der Waals surface area contributed by atoms with E-state index in [4.69, 9.17) is 10.5 Å². The van der Waals surface area contributed by atoms with Gasteiger partial charge >= 0.3 is 0 Å². The Balaban J connectivity index is 0.00000441. The molecule has 4 nitrogen and oxygen atoms in total. The van der Waals surface area contributed by atoms with E-state index in [1.54, 1.807) is 7.11 Å². The smallest absolute Gasteiger partial charge is 0.223 e. The van der Waals surface area contributed by atoms with Gasteiger partial charge < -0.3 is 15.8 Å². The van der Waals surface area contributed by atoms with Crippen molar-refractivity contribution in [2.45, 2.75) is 25.7 Å². The van der Waals surface area contributed by atoms with E-state index in [9.17, 15) is 4.79 Å². The third-order valence-corrected chi connectivity index (χ3v) is 3.84. The minimum absolute atomic E-state index is 0. The van der Waals surface area contributed by atoms with Gasteiger partial charge in [-0.05, 0) is 49.9 Å². The summed E-state index contributed by atoms with van der Waals surface area (Å²) in [5.41, 5.74) is 6.61. The van der Waals surface area contributed by atoms with Crippen molar-refractivity contribution in [2.75, 3.05) is 26.8 Å². The quantitative estimate of drug-likeness (QED) is 0.601. The van der Waals surface area contributed by atoms with Gasteiger partial charge in [-0.25, -0.2) is 0 Å². The van der Waals surface area contributed by atoms with Gasteiger partial charge in [0.2, 0.25) is 5.91 Å². The van der Waals surface area contributed by atoms with Crippen LogP contribution in [0.5, 0.6) is 0 Å². The van der Waals surface area contributed by atoms with Gasteiger partial charge in [-0.15, -0.1) is 12.4 Å². The van der Waals surface area contributed by atoms with Crippen molar-refractivity contribution in [2.24, 2.45) is 11.7 Å². The lowest BCUT2D eigenvalue weighted by Gasteiger charge is -2.17. The van der Waals surface area contributed by atoms with Crippen molar-refractivity contribution in [3.8, 4) is 0 Å². The largest absolute Gasteiger partial charge is 0.385 e. The van der Waals surface area contributed by atoms with Crippen molar-refractivity contribution in [1.29, 1.82) is 0 Å². The average molecular weight is 394 g/mol. The molecule has 0 aliphatic heterocycles. The van der Waals surface area contributed by atoms with E-state index in [1.807, 2.05) is 18.2 Å². The van der Waals surface area contributed by atoms with Crippen LogP contribution in [0.15, 0.2) is 28.7 Å². The molecule has 0 bridgehead atoms. The molecule has 0 aliphatic carbocycles. The second-order valence-corrected chi connectivity index (χ2v) is 6.01. The molecule has 0 spiro atoms. The summed E-state index contributed by atoms with van der Waals surface area (Å²) >= 11 is 3.46. The van der Waals surface area contributed by atoms with Gasteiger partial charge in [0.25, 0.3) is 0 Å². The number of carbonyl (C=O) groups is 1. The summed E-state index contributed by atoms with van der Waals surface area (Å²) in [5.74, 6) is 0.0428. The number of nitrogens with one attached hydrogen (secondary N) is 1. The molecule has 0 heterocycles. The highest BCUT2D eigenvalue weighted by Crippen LogP contribution is 2.17. The number of halogens is 2. The number of hydrogen-bond donors (Lipinski definition) is 2. The van der Waals surface area contributed by atoms with E-state index in [0.29, 0.717) is 19.7 Å². The molecule has 1 amide bonds. The Kier molecular flexibility index (Phi) is 12.5. The van der Waals surface area contributed by atoms with Crippen molar-refractivity contribution >= 4 is 34.2 Å². The van der Waals surface area contributed by atoms with Crippen LogP contribution in [0.1, 0.15) is 24.8 Å². The number of nitrogens with two attached hydrogens (primary N) is 1. The number of carbonyl (C=O) groups excluding carboxylic acids is 1. The summed E-state index contributed by atoms with van der Waals surface area (Å²) in [7, 11) is 1.66. The highest BCUT2D eigenvalue weighted by Gasteiger charge is 2.18. The Bertz CT molecular complexity index is 432. The average Bonchev–Trinajstić information content (AvgIpc) is 2.47. The maximum absolute atomic E-state index is 12.3. The number of methoxy groups -OCH3 is 1. The van der Waals surface area contributed by atoms with E-state index in [1.165, 1.54) is 0 Å². The van der Waals surface area contributed by atoms with E-state index >= 15 is 0 Å². The fourth-order valence-corrected chi connectivity index (χ4v) is 2.61. The molecular weight excluding hydrogens is 368 g/mol. The summed E-state index contributed by atoms with van der Waals surface area (Å²) in [6.07, 6.45) is 3.32. The topological polar surface area (TPSA) is 64.3 Å². The molecule has 6 heteroatoms. The normalized spacial score (nSPS) is 11.6. The summed E-state index contributed by atoms with van der Waals surface area (Å²) < 4.78 is 6.16. The number of rotatable bonds is 10. The lowest BCUT2D eigenvalue weighted by molar-refractivity contribution is -0.125. The van der Waals surface area contributed by atoms with Gasteiger partial charge in [-0.1, -0.05) is 28.1 Å². The minimum atomic E-state index is -0.0582. The first kappa shape index (κ1) is 21.4. The van der Waals surface area contributed by atoms with Crippen LogP contribution in [0, 0.1) is 5.92 Å². The molecule has 1 aromatic carbocycles. The van der Waals surface area contributed by atoms with Crippen LogP contribution in [-0.2, 0) is 16.0 Å². The SMILES string of the molecule is COCCC(Cc1cccc(Br)c1)C(=O)NCCCCN.Cl. The molecule has 0 saturated heterocycles. The molecule has 1 rings (SSSR count). The molecule has 0 radical (unpaired) electrons. The van der Waals surface area contributed by atoms with Crippen molar-refractivity contribution in [3.63, 3.8) is 0 Å². The third-order valence-electron chi connectivity index (χ3n) is 3.34. The van der Waals surface area contributed by atoms with Gasteiger partial charge in [-0.2, -0.15) is 0 Å². The zero-order valence-electron chi connectivity index (χ0n) is 13.0. The van der Waals surface area contributed by atoms with Gasteiger partial charge in [0.1, 0.15) is 0 Å². The third kappa shape index (κ3) is 8.73. The molecule has 1 atom stereocenters. The molecule has 3 N–H and O–H groups in total. The van der Waals surface area contributed by atoms with Crippen LogP contribution in [0.25, 0.3) is 0 Å². The van der Waals surface area contributed by atoms with Crippen LogP contribution in [-0.4, -0.2) is 32.7 Å². The van der Waals surface area contributed by atoms with Gasteiger partial charge in [-0.3, -0.25) is 4.79 Å². The van der Waals surface area contributed by atoms with Crippen LogP contribution < -0.4 is 11.1 Å². The molecule has 1 aromatic rings. The predicted molar refractivity (Wildman–Crippen MR) is 96.4 cm³/mol. The molecule has 1 unspecified atom stereocenters. The van der Waals surface area contributed by atoms with Crippen LogP contribution >= 0.6 is 28.3 Å². The van der Waals surface area contributed by atoms with E-state index in [-0.39, 0.29) is 24.2 Å². The first-order valence-corrected chi connectivity index (χ1v) is 8.17. The molecule has 0 fully saturated rings. The van der Waals surface area contributed by atoms with Gasteiger partial charge in [0.05, 0.1) is 0 Å². The first-order chi connectivity index (χ1) is 10.2. The van der Waals surface area contributed by atoms with Crippen molar-refractivity contribution in [3.05, 3.63) is 34.3 Å². The maximum atomic E-state index is 12.3. The van der Waals surface area contributed by atoms with E-state index < -0.39 is 0 Å². The Morgan fingerprint density at radius 1 is 1.41 bits per heavy atom. The molecule has 126 valence electrons. The summed E-state index contributed by atoms with van der Waals surface area (Å²) in [5, 5.41) is 3.00. The Morgan fingerprint density at radius 3 is 2.82 bits per heavy atom. The fourth-order valence-electron chi connectivity index (χ4n) is 2.16. The molecule has 0 aromatic heterocycles. The highest BCUT2D eigenvalue weighted by molar-refractivity contribution is 9.10. The molecule has 22 heavy (non-hydrogen) atoms.